The van der Waals surface area contributed by atoms with Crippen molar-refractivity contribution in [3.8, 4) is 5.75 Å². The van der Waals surface area contributed by atoms with Gasteiger partial charge in [-0.05, 0) is 42.0 Å². The predicted molar refractivity (Wildman–Crippen MR) is 88.5 cm³/mol. The van der Waals surface area contributed by atoms with Crippen molar-refractivity contribution in [1.29, 1.82) is 5.41 Å². The predicted octanol–water partition coefficient (Wildman–Crippen LogP) is 2.05. The van der Waals surface area contributed by atoms with E-state index in [2.05, 4.69) is 10.6 Å². The van der Waals surface area contributed by atoms with E-state index in [1.54, 1.807) is 36.4 Å². The Morgan fingerprint density at radius 3 is 2.23 bits per heavy atom. The number of aromatic hydroxyl groups is 1. The van der Waals surface area contributed by atoms with Gasteiger partial charge >= 0.3 is 0 Å². The van der Waals surface area contributed by atoms with Crippen molar-refractivity contribution >= 4 is 30.0 Å². The summed E-state index contributed by atoms with van der Waals surface area (Å²) in [5, 5.41) is 21.7. The van der Waals surface area contributed by atoms with Crippen molar-refractivity contribution in [2.45, 2.75) is 6.54 Å². The van der Waals surface area contributed by atoms with Gasteiger partial charge in [0.1, 0.15) is 5.75 Å². The highest BCUT2D eigenvalue weighted by Gasteiger charge is 2.06. The molecule has 0 saturated carbocycles. The number of hydrogen-bond acceptors (Lipinski definition) is 3. The van der Waals surface area contributed by atoms with Gasteiger partial charge in [-0.15, -0.1) is 12.4 Å². The molecule has 6 nitrogen and oxygen atoms in total. The van der Waals surface area contributed by atoms with Crippen LogP contribution in [0.3, 0.4) is 0 Å². The molecule has 0 unspecified atom stereocenters. The summed E-state index contributed by atoms with van der Waals surface area (Å²) in [6, 6.07) is 13.2. The number of phenols is 1. The number of anilines is 1. The lowest BCUT2D eigenvalue weighted by Crippen LogP contribution is -2.29. The molecule has 7 heteroatoms. The van der Waals surface area contributed by atoms with Gasteiger partial charge < -0.3 is 21.5 Å². The zero-order valence-corrected chi connectivity index (χ0v) is 12.5. The lowest BCUT2D eigenvalue weighted by Gasteiger charge is -2.07. The summed E-state index contributed by atoms with van der Waals surface area (Å²) >= 11 is 0. The second-order valence-electron chi connectivity index (χ2n) is 4.47. The average molecular weight is 321 g/mol. The first-order valence-electron chi connectivity index (χ1n) is 6.32. The smallest absolute Gasteiger partial charge is 0.255 e. The largest absolute Gasteiger partial charge is 0.508 e. The molecule has 0 aliphatic carbocycles. The van der Waals surface area contributed by atoms with Crippen molar-refractivity contribution in [3.05, 3.63) is 59.7 Å². The molecule has 2 rings (SSSR count). The Kier molecular flexibility index (Phi) is 6.22. The Bertz CT molecular complexity index is 642. The molecule has 116 valence electrons. The fourth-order valence-corrected chi connectivity index (χ4v) is 1.72. The average Bonchev–Trinajstić information content (AvgIpc) is 2.48. The van der Waals surface area contributed by atoms with Crippen molar-refractivity contribution in [2.24, 2.45) is 5.73 Å². The van der Waals surface area contributed by atoms with Crippen LogP contribution in [0.25, 0.3) is 0 Å². The third-order valence-corrected chi connectivity index (χ3v) is 2.82. The van der Waals surface area contributed by atoms with Crippen LogP contribution in [0.4, 0.5) is 5.69 Å². The van der Waals surface area contributed by atoms with Gasteiger partial charge in [0.2, 0.25) is 0 Å². The Labute approximate surface area is 134 Å². The third-order valence-electron chi connectivity index (χ3n) is 2.82. The van der Waals surface area contributed by atoms with Crippen LogP contribution in [-0.4, -0.2) is 17.0 Å². The number of nitrogens with one attached hydrogen (secondary N) is 3. The second kappa shape index (κ2) is 7.90. The molecule has 0 radical (unpaired) electrons. The second-order valence-corrected chi connectivity index (χ2v) is 4.47. The Balaban J connectivity index is 0.00000242. The van der Waals surface area contributed by atoms with E-state index < -0.39 is 0 Å². The molecule has 0 saturated heterocycles. The van der Waals surface area contributed by atoms with E-state index in [4.69, 9.17) is 11.1 Å². The highest BCUT2D eigenvalue weighted by molar-refractivity contribution is 6.04. The number of hydrogen-bond donors (Lipinski definition) is 5. The molecule has 0 spiro atoms. The maximum Gasteiger partial charge on any atom is 0.255 e. The molecule has 2 aromatic rings. The van der Waals surface area contributed by atoms with Crippen LogP contribution in [0, 0.1) is 5.41 Å². The molecular weight excluding hydrogens is 304 g/mol. The van der Waals surface area contributed by atoms with Crippen LogP contribution in [0.1, 0.15) is 15.9 Å². The number of carbonyl (C=O) groups is 1. The van der Waals surface area contributed by atoms with E-state index in [9.17, 15) is 9.90 Å². The van der Waals surface area contributed by atoms with Gasteiger partial charge in [-0.25, -0.2) is 0 Å². The highest BCUT2D eigenvalue weighted by Crippen LogP contribution is 2.15. The molecule has 6 N–H and O–H groups in total. The van der Waals surface area contributed by atoms with E-state index >= 15 is 0 Å². The minimum Gasteiger partial charge on any atom is -0.508 e. The molecule has 0 atom stereocenters. The lowest BCUT2D eigenvalue weighted by molar-refractivity contribution is 0.102. The van der Waals surface area contributed by atoms with Gasteiger partial charge in [0.15, 0.2) is 5.96 Å². The number of nitrogens with two attached hydrogens (primary N) is 1. The minimum atomic E-state index is -0.230. The van der Waals surface area contributed by atoms with Crippen molar-refractivity contribution in [2.75, 3.05) is 5.32 Å². The first-order chi connectivity index (χ1) is 10.0. The molecule has 0 aliphatic heterocycles. The standard InChI is InChI=1S/C15H16N4O2.ClH/c16-15(17)18-9-10-1-3-11(4-2-10)14(21)19-12-5-7-13(20)8-6-12;/h1-8,20H,9H2,(H,19,21)(H4,16,17,18);1H. The normalized spacial score (nSPS) is 9.45. The summed E-state index contributed by atoms with van der Waals surface area (Å²) < 4.78 is 0. The van der Waals surface area contributed by atoms with Gasteiger partial charge in [-0.3, -0.25) is 10.2 Å². The first kappa shape index (κ1) is 17.3. The van der Waals surface area contributed by atoms with Crippen LogP contribution < -0.4 is 16.4 Å². The molecular formula is C15H17ClN4O2. The number of phenolic OH excluding ortho intramolecular Hbond substituents is 1. The Morgan fingerprint density at radius 2 is 1.68 bits per heavy atom. The SMILES string of the molecule is Cl.N=C(N)NCc1ccc(C(=O)Nc2ccc(O)cc2)cc1. The summed E-state index contributed by atoms with van der Waals surface area (Å²) in [6.45, 7) is 0.440. The van der Waals surface area contributed by atoms with E-state index in [0.29, 0.717) is 17.8 Å². The maximum atomic E-state index is 12.0. The summed E-state index contributed by atoms with van der Waals surface area (Å²) in [7, 11) is 0. The lowest BCUT2D eigenvalue weighted by atomic mass is 10.1. The first-order valence-corrected chi connectivity index (χ1v) is 6.32. The van der Waals surface area contributed by atoms with Crippen LogP contribution in [0.5, 0.6) is 5.75 Å². The number of amides is 1. The number of guanidine groups is 1. The zero-order valence-electron chi connectivity index (χ0n) is 11.7. The highest BCUT2D eigenvalue weighted by atomic mass is 35.5. The van der Waals surface area contributed by atoms with Crippen LogP contribution in [0.2, 0.25) is 0 Å². The summed E-state index contributed by atoms with van der Waals surface area (Å²) in [5.74, 6) is -0.175. The fraction of sp³-hybridized carbons (Fsp3) is 0.0667. The van der Waals surface area contributed by atoms with Crippen molar-refractivity contribution in [3.63, 3.8) is 0 Å². The van der Waals surface area contributed by atoms with Crippen LogP contribution >= 0.6 is 12.4 Å². The van der Waals surface area contributed by atoms with E-state index in [0.717, 1.165) is 5.56 Å². The summed E-state index contributed by atoms with van der Waals surface area (Å²) in [6.07, 6.45) is 0. The number of carbonyl (C=O) groups excluding carboxylic acids is 1. The maximum absolute atomic E-state index is 12.0. The number of benzene rings is 2. The number of rotatable bonds is 4. The van der Waals surface area contributed by atoms with Crippen LogP contribution in [0.15, 0.2) is 48.5 Å². The van der Waals surface area contributed by atoms with E-state index in [-0.39, 0.29) is 30.0 Å². The topological polar surface area (TPSA) is 111 Å². The molecule has 1 amide bonds. The molecule has 0 heterocycles. The van der Waals surface area contributed by atoms with Crippen molar-refractivity contribution in [1.82, 2.24) is 5.32 Å². The molecule has 0 aliphatic rings. The molecule has 22 heavy (non-hydrogen) atoms. The van der Waals surface area contributed by atoms with Gasteiger partial charge in [-0.2, -0.15) is 0 Å². The zero-order chi connectivity index (χ0) is 15.2. The van der Waals surface area contributed by atoms with Gasteiger partial charge in [0.25, 0.3) is 5.91 Å². The Morgan fingerprint density at radius 1 is 1.09 bits per heavy atom. The molecule has 0 fully saturated rings. The number of halogens is 1. The third kappa shape index (κ3) is 4.99. The summed E-state index contributed by atoms with van der Waals surface area (Å²) in [4.78, 5) is 12.0. The monoisotopic (exact) mass is 320 g/mol. The molecule has 0 bridgehead atoms. The molecule has 2 aromatic carbocycles. The van der Waals surface area contributed by atoms with Crippen molar-refractivity contribution < 1.29 is 9.90 Å². The van der Waals surface area contributed by atoms with Crippen LogP contribution in [-0.2, 0) is 6.54 Å². The summed E-state index contributed by atoms with van der Waals surface area (Å²) in [5.41, 5.74) is 7.26. The molecule has 0 aromatic heterocycles. The van der Waals surface area contributed by atoms with E-state index in [1.165, 1.54) is 12.1 Å². The minimum absolute atomic E-state index is 0. The van der Waals surface area contributed by atoms with Gasteiger partial charge in [-0.1, -0.05) is 12.1 Å². The Hall–Kier alpha value is -2.73. The van der Waals surface area contributed by atoms with Gasteiger partial charge in [0, 0.05) is 17.8 Å². The van der Waals surface area contributed by atoms with Gasteiger partial charge in [0.05, 0.1) is 0 Å². The fourth-order valence-electron chi connectivity index (χ4n) is 1.72. The quantitative estimate of drug-likeness (QED) is 0.337. The van der Waals surface area contributed by atoms with E-state index in [1.807, 2.05) is 0 Å².